The molecule has 2 aromatic carbocycles. The quantitative estimate of drug-likeness (QED) is 0.450. The SMILES string of the molecule is CC(=O)N1CCCC1C(=O)Nc1ccc(-c2cc(-c3ccc(NC(=O)C4CCCN4C(C)=O)cc3)[nH]n2)cc1. The number of aromatic nitrogens is 2. The number of H-pyrrole nitrogens is 1. The summed E-state index contributed by atoms with van der Waals surface area (Å²) in [5.74, 6) is -0.501. The number of amides is 4. The van der Waals surface area contributed by atoms with Crippen LogP contribution in [0.1, 0.15) is 39.5 Å². The van der Waals surface area contributed by atoms with Crippen molar-refractivity contribution in [3.8, 4) is 22.5 Å². The molecule has 0 saturated carbocycles. The fourth-order valence-corrected chi connectivity index (χ4v) is 5.36. The first kappa shape index (κ1) is 26.1. The van der Waals surface area contributed by atoms with Gasteiger partial charge in [-0.15, -0.1) is 0 Å². The van der Waals surface area contributed by atoms with E-state index in [0.717, 1.165) is 35.4 Å². The highest BCUT2D eigenvalue weighted by Gasteiger charge is 2.33. The Bertz CT molecular complexity index is 1280. The van der Waals surface area contributed by atoms with Crippen LogP contribution in [-0.4, -0.2) is 68.8 Å². The zero-order valence-corrected chi connectivity index (χ0v) is 22.1. The van der Waals surface area contributed by atoms with E-state index in [1.807, 2.05) is 54.6 Å². The normalized spacial score (nSPS) is 18.7. The van der Waals surface area contributed by atoms with Crippen LogP contribution in [0.15, 0.2) is 54.6 Å². The van der Waals surface area contributed by atoms with Crippen LogP contribution in [-0.2, 0) is 19.2 Å². The van der Waals surface area contributed by atoms with Crippen LogP contribution in [0.3, 0.4) is 0 Å². The van der Waals surface area contributed by atoms with Crippen LogP contribution < -0.4 is 10.6 Å². The molecular formula is C29H32N6O4. The minimum Gasteiger partial charge on any atom is -0.331 e. The highest BCUT2D eigenvalue weighted by atomic mass is 16.2. The van der Waals surface area contributed by atoms with Gasteiger partial charge in [-0.3, -0.25) is 24.3 Å². The van der Waals surface area contributed by atoms with Gasteiger partial charge >= 0.3 is 0 Å². The highest BCUT2D eigenvalue weighted by Crippen LogP contribution is 2.27. The summed E-state index contributed by atoms with van der Waals surface area (Å²) in [7, 11) is 0. The van der Waals surface area contributed by atoms with Gasteiger partial charge < -0.3 is 20.4 Å². The first-order chi connectivity index (χ1) is 18.8. The lowest BCUT2D eigenvalue weighted by Crippen LogP contribution is -2.42. The number of aromatic amines is 1. The van der Waals surface area contributed by atoms with Gasteiger partial charge in [0.25, 0.3) is 0 Å². The van der Waals surface area contributed by atoms with Gasteiger partial charge in [0.2, 0.25) is 23.6 Å². The molecule has 202 valence electrons. The Hall–Kier alpha value is -4.47. The maximum absolute atomic E-state index is 12.7. The maximum atomic E-state index is 12.7. The number of rotatable bonds is 6. The zero-order chi connectivity index (χ0) is 27.5. The third kappa shape index (κ3) is 5.69. The summed E-state index contributed by atoms with van der Waals surface area (Å²) < 4.78 is 0. The molecule has 2 atom stereocenters. The number of hydrogen-bond acceptors (Lipinski definition) is 5. The van der Waals surface area contributed by atoms with Gasteiger partial charge in [-0.2, -0.15) is 5.10 Å². The number of carbonyl (C=O) groups excluding carboxylic acids is 4. The monoisotopic (exact) mass is 528 g/mol. The third-order valence-electron chi connectivity index (χ3n) is 7.41. The van der Waals surface area contributed by atoms with Crippen LogP contribution in [0.25, 0.3) is 22.5 Å². The molecule has 2 unspecified atom stereocenters. The second-order valence-corrected chi connectivity index (χ2v) is 10.0. The largest absolute Gasteiger partial charge is 0.331 e. The van der Waals surface area contributed by atoms with Gasteiger partial charge in [-0.1, -0.05) is 24.3 Å². The Kier molecular flexibility index (Phi) is 7.44. The van der Waals surface area contributed by atoms with Crippen LogP contribution in [0.2, 0.25) is 0 Å². The van der Waals surface area contributed by atoms with Crippen molar-refractivity contribution in [3.05, 3.63) is 54.6 Å². The van der Waals surface area contributed by atoms with Crippen LogP contribution in [0.5, 0.6) is 0 Å². The zero-order valence-electron chi connectivity index (χ0n) is 22.1. The van der Waals surface area contributed by atoms with E-state index >= 15 is 0 Å². The lowest BCUT2D eigenvalue weighted by Gasteiger charge is -2.22. The van der Waals surface area contributed by atoms with Crippen LogP contribution in [0.4, 0.5) is 11.4 Å². The smallest absolute Gasteiger partial charge is 0.247 e. The second kappa shape index (κ2) is 11.1. The average molecular weight is 529 g/mol. The van der Waals surface area contributed by atoms with Crippen molar-refractivity contribution < 1.29 is 19.2 Å². The van der Waals surface area contributed by atoms with E-state index < -0.39 is 12.1 Å². The molecule has 2 aliphatic heterocycles. The number of benzene rings is 2. The van der Waals surface area contributed by atoms with E-state index in [1.165, 1.54) is 13.8 Å². The molecule has 3 N–H and O–H groups in total. The first-order valence-corrected chi connectivity index (χ1v) is 13.2. The van der Waals surface area contributed by atoms with Gasteiger partial charge in [0.05, 0.1) is 11.4 Å². The number of nitrogens with one attached hydrogen (secondary N) is 3. The van der Waals surface area contributed by atoms with Gasteiger partial charge in [-0.05, 0) is 61.6 Å². The topological polar surface area (TPSA) is 127 Å². The Morgan fingerprint density at radius 1 is 0.744 bits per heavy atom. The van der Waals surface area contributed by atoms with Gasteiger partial charge in [0.15, 0.2) is 0 Å². The van der Waals surface area contributed by atoms with E-state index in [-0.39, 0.29) is 23.6 Å². The molecule has 10 heteroatoms. The summed E-state index contributed by atoms with van der Waals surface area (Å²) in [6, 6.07) is 16.0. The summed E-state index contributed by atoms with van der Waals surface area (Å²) in [6.45, 7) is 4.22. The summed E-state index contributed by atoms with van der Waals surface area (Å²) in [4.78, 5) is 52.1. The predicted molar refractivity (Wildman–Crippen MR) is 148 cm³/mol. The van der Waals surface area contributed by atoms with Crippen molar-refractivity contribution in [1.82, 2.24) is 20.0 Å². The minimum atomic E-state index is -0.422. The molecule has 0 radical (unpaired) electrons. The molecule has 0 spiro atoms. The summed E-state index contributed by atoms with van der Waals surface area (Å²) in [5.41, 5.74) is 4.71. The number of anilines is 2. The molecule has 3 heterocycles. The van der Waals surface area contributed by atoms with Crippen molar-refractivity contribution in [2.45, 2.75) is 51.6 Å². The second-order valence-electron chi connectivity index (χ2n) is 10.0. The molecule has 2 aliphatic rings. The van der Waals surface area contributed by atoms with Crippen molar-refractivity contribution in [2.24, 2.45) is 0 Å². The van der Waals surface area contributed by atoms with E-state index in [2.05, 4.69) is 20.8 Å². The fourth-order valence-electron chi connectivity index (χ4n) is 5.36. The average Bonchev–Trinajstić information content (AvgIpc) is 3.70. The molecular weight excluding hydrogens is 496 g/mol. The number of likely N-dealkylation sites (tertiary alicyclic amines) is 2. The molecule has 3 aromatic rings. The molecule has 39 heavy (non-hydrogen) atoms. The number of nitrogens with zero attached hydrogens (tertiary/aromatic N) is 3. The van der Waals surface area contributed by atoms with E-state index in [0.29, 0.717) is 37.3 Å². The molecule has 4 amide bonds. The van der Waals surface area contributed by atoms with Crippen molar-refractivity contribution in [3.63, 3.8) is 0 Å². The molecule has 1 aromatic heterocycles. The number of carbonyl (C=O) groups is 4. The highest BCUT2D eigenvalue weighted by molar-refractivity contribution is 5.98. The third-order valence-corrected chi connectivity index (χ3v) is 7.41. The summed E-state index contributed by atoms with van der Waals surface area (Å²) in [6.07, 6.45) is 3.00. The lowest BCUT2D eigenvalue weighted by molar-refractivity contribution is -0.134. The van der Waals surface area contributed by atoms with E-state index in [1.54, 1.807) is 9.80 Å². The molecule has 5 rings (SSSR count). The van der Waals surface area contributed by atoms with E-state index in [9.17, 15) is 19.2 Å². The first-order valence-electron chi connectivity index (χ1n) is 13.2. The van der Waals surface area contributed by atoms with Gasteiger partial charge in [-0.25, -0.2) is 0 Å². The number of hydrogen-bond donors (Lipinski definition) is 3. The Labute approximate surface area is 226 Å². The van der Waals surface area contributed by atoms with Gasteiger partial charge in [0.1, 0.15) is 12.1 Å². The molecule has 0 aliphatic carbocycles. The van der Waals surface area contributed by atoms with Crippen molar-refractivity contribution >= 4 is 35.0 Å². The predicted octanol–water partition coefficient (Wildman–Crippen LogP) is 3.64. The Morgan fingerprint density at radius 3 is 1.67 bits per heavy atom. The van der Waals surface area contributed by atoms with Crippen LogP contribution in [0, 0.1) is 0 Å². The maximum Gasteiger partial charge on any atom is 0.247 e. The fraction of sp³-hybridized carbons (Fsp3) is 0.345. The molecule has 10 nitrogen and oxygen atoms in total. The van der Waals surface area contributed by atoms with Gasteiger partial charge in [0, 0.05) is 43.9 Å². The Morgan fingerprint density at radius 2 is 1.21 bits per heavy atom. The lowest BCUT2D eigenvalue weighted by atomic mass is 10.1. The van der Waals surface area contributed by atoms with E-state index in [4.69, 9.17) is 0 Å². The molecule has 0 bridgehead atoms. The minimum absolute atomic E-state index is 0.0810. The summed E-state index contributed by atoms with van der Waals surface area (Å²) >= 11 is 0. The molecule has 2 fully saturated rings. The van der Waals surface area contributed by atoms with Crippen molar-refractivity contribution in [1.29, 1.82) is 0 Å². The summed E-state index contributed by atoms with van der Waals surface area (Å²) in [5, 5.41) is 13.3. The standard InChI is InChI=1S/C29H32N6O4/c1-18(36)34-15-3-5-26(34)28(38)30-22-11-7-20(8-12-22)24-17-25(33-32-24)21-9-13-23(14-10-21)31-29(39)27-6-4-16-35(27)19(2)37/h7-14,17,26-27H,3-6,15-16H2,1-2H3,(H,30,38)(H,31,39)(H,32,33). The van der Waals surface area contributed by atoms with Crippen molar-refractivity contribution in [2.75, 3.05) is 23.7 Å². The van der Waals surface area contributed by atoms with Crippen LogP contribution >= 0.6 is 0 Å². The Balaban J connectivity index is 1.20. The molecule has 2 saturated heterocycles.